The number of carbonyl (C=O) groups is 1. The average Bonchev–Trinajstić information content (AvgIpc) is 3.10. The van der Waals surface area contributed by atoms with Crippen LogP contribution >= 0.6 is 0 Å². The lowest BCUT2D eigenvalue weighted by molar-refractivity contribution is -0.274. The Bertz CT molecular complexity index is 1150. The monoisotopic (exact) mass is 485 g/mol. The van der Waals surface area contributed by atoms with Gasteiger partial charge in [0.05, 0.1) is 29.6 Å². The van der Waals surface area contributed by atoms with Crippen molar-refractivity contribution in [2.24, 2.45) is 5.92 Å². The van der Waals surface area contributed by atoms with E-state index in [1.54, 1.807) is 13.0 Å². The first-order valence-corrected chi connectivity index (χ1v) is 11.5. The molecule has 1 amide bonds. The highest BCUT2D eigenvalue weighted by atomic mass is 32.2. The van der Waals surface area contributed by atoms with E-state index in [1.165, 1.54) is 16.8 Å². The molecule has 1 aliphatic heterocycles. The number of sulfonamides is 1. The first kappa shape index (κ1) is 24.5. The van der Waals surface area contributed by atoms with Gasteiger partial charge in [-0.15, -0.1) is 13.2 Å². The fraction of sp³-hybridized carbons (Fsp3) is 0.450. The maximum absolute atomic E-state index is 12.9. The third kappa shape index (κ3) is 6.23. The standard InChI is InChI=1S/C20H22F3N5O4S/c1-14-12-18(28(26-14)9-3-8-24)25-19(29)15-6-10-27(11-7-15)33(30,31)17-5-2-4-16(13-17)32-20(21,22)23/h2,4-5,12-13,15H,3,6-7,9-11H2,1H3,(H,25,29). The lowest BCUT2D eigenvalue weighted by Crippen LogP contribution is -2.41. The van der Waals surface area contributed by atoms with Crippen LogP contribution in [0, 0.1) is 24.2 Å². The maximum atomic E-state index is 12.9. The Morgan fingerprint density at radius 1 is 1.30 bits per heavy atom. The third-order valence-electron chi connectivity index (χ3n) is 5.09. The average molecular weight is 485 g/mol. The first-order chi connectivity index (χ1) is 15.5. The Hall–Kier alpha value is -3.11. The molecule has 0 bridgehead atoms. The van der Waals surface area contributed by atoms with Gasteiger partial charge in [0.2, 0.25) is 15.9 Å². The van der Waals surface area contributed by atoms with E-state index >= 15 is 0 Å². The quantitative estimate of drug-likeness (QED) is 0.644. The normalized spacial score (nSPS) is 15.7. The van der Waals surface area contributed by atoms with E-state index in [-0.39, 0.29) is 43.2 Å². The summed E-state index contributed by atoms with van der Waals surface area (Å²) in [5.41, 5.74) is 0.681. The van der Waals surface area contributed by atoms with Crippen LogP contribution in [0.2, 0.25) is 0 Å². The van der Waals surface area contributed by atoms with Crippen LogP contribution in [0.4, 0.5) is 19.0 Å². The lowest BCUT2D eigenvalue weighted by atomic mass is 9.97. The highest BCUT2D eigenvalue weighted by Gasteiger charge is 2.34. The molecule has 0 atom stereocenters. The third-order valence-corrected chi connectivity index (χ3v) is 6.99. The number of aromatic nitrogens is 2. The molecule has 0 unspecified atom stereocenters. The van der Waals surface area contributed by atoms with Crippen LogP contribution in [0.1, 0.15) is 25.0 Å². The number of benzene rings is 1. The largest absolute Gasteiger partial charge is 0.573 e. The van der Waals surface area contributed by atoms with Crippen molar-refractivity contribution >= 4 is 21.7 Å². The molecule has 1 aromatic carbocycles. The second-order valence-corrected chi connectivity index (χ2v) is 9.43. The van der Waals surface area contributed by atoms with E-state index in [4.69, 9.17) is 5.26 Å². The van der Waals surface area contributed by atoms with Crippen molar-refractivity contribution in [1.82, 2.24) is 14.1 Å². The first-order valence-electron chi connectivity index (χ1n) is 10.1. The molecule has 178 valence electrons. The number of carbonyl (C=O) groups excluding carboxylic acids is 1. The zero-order valence-electron chi connectivity index (χ0n) is 17.7. The van der Waals surface area contributed by atoms with Crippen molar-refractivity contribution in [1.29, 1.82) is 5.26 Å². The van der Waals surface area contributed by atoms with Gasteiger partial charge in [-0.2, -0.15) is 14.7 Å². The highest BCUT2D eigenvalue weighted by molar-refractivity contribution is 7.89. The Morgan fingerprint density at radius 2 is 2.00 bits per heavy atom. The van der Waals surface area contributed by atoms with Crippen molar-refractivity contribution in [2.45, 2.75) is 44.0 Å². The summed E-state index contributed by atoms with van der Waals surface area (Å²) in [4.78, 5) is 12.4. The second kappa shape index (κ2) is 9.80. The minimum Gasteiger partial charge on any atom is -0.406 e. The van der Waals surface area contributed by atoms with Crippen molar-refractivity contribution in [3.8, 4) is 11.8 Å². The minimum absolute atomic E-state index is 0.0392. The van der Waals surface area contributed by atoms with Crippen LogP contribution in [0.3, 0.4) is 0 Å². The highest BCUT2D eigenvalue weighted by Crippen LogP contribution is 2.29. The summed E-state index contributed by atoms with van der Waals surface area (Å²) < 4.78 is 69.6. The molecule has 0 radical (unpaired) electrons. The van der Waals surface area contributed by atoms with Crippen LogP contribution in [0.5, 0.6) is 5.75 Å². The van der Waals surface area contributed by atoms with Crippen LogP contribution in [0.25, 0.3) is 0 Å². The van der Waals surface area contributed by atoms with Gasteiger partial charge in [0.1, 0.15) is 11.6 Å². The molecular weight excluding hydrogens is 463 g/mol. The molecular formula is C20H22F3N5O4S. The van der Waals surface area contributed by atoms with Crippen LogP contribution < -0.4 is 10.1 Å². The summed E-state index contributed by atoms with van der Waals surface area (Å²) >= 11 is 0. The van der Waals surface area contributed by atoms with Gasteiger partial charge >= 0.3 is 6.36 Å². The molecule has 3 rings (SSSR count). The van der Waals surface area contributed by atoms with Gasteiger partial charge in [0.15, 0.2) is 0 Å². The number of rotatable bonds is 7. The van der Waals surface area contributed by atoms with E-state index in [0.717, 1.165) is 16.4 Å². The van der Waals surface area contributed by atoms with Gasteiger partial charge in [-0.1, -0.05) is 6.07 Å². The molecule has 13 heteroatoms. The molecule has 2 aromatic rings. The number of hydrogen-bond acceptors (Lipinski definition) is 6. The smallest absolute Gasteiger partial charge is 0.406 e. The number of amides is 1. The van der Waals surface area contributed by atoms with Crippen molar-refractivity contribution in [3.63, 3.8) is 0 Å². The van der Waals surface area contributed by atoms with E-state index in [1.807, 2.05) is 6.07 Å². The summed E-state index contributed by atoms with van der Waals surface area (Å²) in [6.45, 7) is 2.17. The van der Waals surface area contributed by atoms with Crippen molar-refractivity contribution < 1.29 is 31.1 Å². The van der Waals surface area contributed by atoms with E-state index in [9.17, 15) is 26.4 Å². The number of piperidine rings is 1. The number of nitrogens with zero attached hydrogens (tertiary/aromatic N) is 4. The van der Waals surface area contributed by atoms with Crippen LogP contribution in [-0.2, 0) is 21.4 Å². The Labute approximate surface area is 188 Å². The number of hydrogen-bond donors (Lipinski definition) is 1. The van der Waals surface area contributed by atoms with Gasteiger partial charge in [-0.25, -0.2) is 13.1 Å². The zero-order valence-corrected chi connectivity index (χ0v) is 18.5. The number of aryl methyl sites for hydroxylation is 2. The SMILES string of the molecule is Cc1cc(NC(=O)C2CCN(S(=O)(=O)c3cccc(OC(F)(F)F)c3)CC2)n(CCC#N)n1. The predicted octanol–water partition coefficient (Wildman–Crippen LogP) is 3.04. The summed E-state index contributed by atoms with van der Waals surface area (Å²) in [5.74, 6) is -0.896. The topological polar surface area (TPSA) is 117 Å². The Kier molecular flexibility index (Phi) is 7.28. The summed E-state index contributed by atoms with van der Waals surface area (Å²) in [7, 11) is -4.05. The Morgan fingerprint density at radius 3 is 2.64 bits per heavy atom. The number of nitrogens with one attached hydrogen (secondary N) is 1. The van der Waals surface area contributed by atoms with E-state index in [0.29, 0.717) is 18.1 Å². The molecule has 1 fully saturated rings. The van der Waals surface area contributed by atoms with Gasteiger partial charge in [0.25, 0.3) is 0 Å². The van der Waals surface area contributed by atoms with E-state index < -0.39 is 28.1 Å². The summed E-state index contributed by atoms with van der Waals surface area (Å²) in [6.07, 6.45) is -4.21. The lowest BCUT2D eigenvalue weighted by Gasteiger charge is -2.30. The molecule has 1 aliphatic rings. The van der Waals surface area contributed by atoms with Gasteiger partial charge in [0, 0.05) is 31.1 Å². The fourth-order valence-electron chi connectivity index (χ4n) is 3.54. The molecule has 33 heavy (non-hydrogen) atoms. The molecule has 1 saturated heterocycles. The number of alkyl halides is 3. The number of halogens is 3. The second-order valence-electron chi connectivity index (χ2n) is 7.49. The number of ether oxygens (including phenoxy) is 1. The molecule has 1 aromatic heterocycles. The summed E-state index contributed by atoms with van der Waals surface area (Å²) in [5, 5.41) is 15.8. The van der Waals surface area contributed by atoms with Crippen molar-refractivity contribution in [2.75, 3.05) is 18.4 Å². The van der Waals surface area contributed by atoms with Gasteiger partial charge < -0.3 is 10.1 Å². The molecule has 0 saturated carbocycles. The van der Waals surface area contributed by atoms with Crippen LogP contribution in [-0.4, -0.2) is 47.9 Å². The molecule has 9 nitrogen and oxygen atoms in total. The number of nitriles is 1. The molecule has 0 spiro atoms. The molecule has 2 heterocycles. The maximum Gasteiger partial charge on any atom is 0.573 e. The molecule has 1 N–H and O–H groups in total. The predicted molar refractivity (Wildman–Crippen MR) is 110 cm³/mol. The van der Waals surface area contributed by atoms with Gasteiger partial charge in [-0.3, -0.25) is 4.79 Å². The van der Waals surface area contributed by atoms with E-state index in [2.05, 4.69) is 15.2 Å². The summed E-state index contributed by atoms with van der Waals surface area (Å²) in [6, 6.07) is 7.92. The fourth-order valence-corrected chi connectivity index (χ4v) is 5.05. The Balaban J connectivity index is 1.63. The number of anilines is 1. The molecule has 0 aliphatic carbocycles. The van der Waals surface area contributed by atoms with Crippen molar-refractivity contribution in [3.05, 3.63) is 36.0 Å². The zero-order chi connectivity index (χ0) is 24.2. The minimum atomic E-state index is -4.93. The van der Waals surface area contributed by atoms with Gasteiger partial charge in [-0.05, 0) is 31.9 Å². The van der Waals surface area contributed by atoms with Crippen LogP contribution in [0.15, 0.2) is 35.2 Å².